The molecular weight excluding hydrogens is 673 g/mol. The lowest BCUT2D eigenvalue weighted by Gasteiger charge is -2.18. The van der Waals surface area contributed by atoms with E-state index in [2.05, 4.69) is 176 Å². The second-order valence-corrected chi connectivity index (χ2v) is 15.5. The van der Waals surface area contributed by atoms with Gasteiger partial charge in [0.15, 0.2) is 0 Å². The average Bonchev–Trinajstić information content (AvgIpc) is 3.77. The molecule has 0 amide bonds. The predicted molar refractivity (Wildman–Crippen MR) is 233 cm³/mol. The Morgan fingerprint density at radius 3 is 1.46 bits per heavy atom. The topological polar surface area (TPSA) is 13.1 Å². The molecule has 1 nitrogen and oxygen atoms in total. The van der Waals surface area contributed by atoms with Gasteiger partial charge in [-0.05, 0) is 125 Å². The zero-order valence-corrected chi connectivity index (χ0v) is 30.0. The summed E-state index contributed by atoms with van der Waals surface area (Å²) in [6.07, 6.45) is 0. The Morgan fingerprint density at radius 1 is 0.278 bits per heavy atom. The lowest BCUT2D eigenvalue weighted by molar-refractivity contribution is 0.669. The second kappa shape index (κ2) is 11.4. The second-order valence-electron chi connectivity index (χ2n) is 14.4. The summed E-state index contributed by atoms with van der Waals surface area (Å²) >= 11 is 1.84. The normalized spacial score (nSPS) is 12.1. The van der Waals surface area contributed by atoms with E-state index in [0.29, 0.717) is 0 Å². The van der Waals surface area contributed by atoms with Crippen LogP contribution in [0.25, 0.3) is 119 Å². The van der Waals surface area contributed by atoms with E-state index in [0.717, 1.165) is 11.2 Å². The van der Waals surface area contributed by atoms with E-state index in [1.54, 1.807) is 0 Å². The maximum Gasteiger partial charge on any atom is 0.136 e. The molecule has 0 aliphatic heterocycles. The van der Waals surface area contributed by atoms with Gasteiger partial charge in [0.25, 0.3) is 0 Å². The molecule has 12 aromatic rings. The van der Waals surface area contributed by atoms with Crippen molar-refractivity contribution in [3.63, 3.8) is 0 Å². The van der Waals surface area contributed by atoms with Crippen LogP contribution in [0.4, 0.5) is 0 Å². The van der Waals surface area contributed by atoms with Crippen molar-refractivity contribution in [2.45, 2.75) is 0 Å². The Bertz CT molecular complexity index is 3440. The molecule has 2 heteroatoms. The molecule has 250 valence electrons. The van der Waals surface area contributed by atoms with E-state index in [9.17, 15) is 0 Å². The zero-order chi connectivity index (χ0) is 35.3. The van der Waals surface area contributed by atoms with Gasteiger partial charge < -0.3 is 4.42 Å². The molecule has 0 unspecified atom stereocenters. The molecule has 0 atom stereocenters. The molecule has 0 fully saturated rings. The van der Waals surface area contributed by atoms with Crippen LogP contribution in [0, 0.1) is 0 Å². The molecule has 0 aliphatic carbocycles. The third-order valence-electron chi connectivity index (χ3n) is 11.4. The number of fused-ring (bicyclic) bond motifs is 10. The van der Waals surface area contributed by atoms with Crippen LogP contribution in [0.1, 0.15) is 0 Å². The summed E-state index contributed by atoms with van der Waals surface area (Å²) in [5, 5.41) is 15.0. The highest BCUT2D eigenvalue weighted by Gasteiger charge is 2.17. The van der Waals surface area contributed by atoms with Gasteiger partial charge in [0.05, 0.1) is 0 Å². The van der Waals surface area contributed by atoms with Gasteiger partial charge >= 0.3 is 0 Å². The fourth-order valence-electron chi connectivity index (χ4n) is 8.85. The minimum atomic E-state index is 0.942. The maximum absolute atomic E-state index is 6.22. The number of hydrogen-bond acceptors (Lipinski definition) is 2. The fourth-order valence-corrected chi connectivity index (χ4v) is 10.00. The Hall–Kier alpha value is -6.74. The van der Waals surface area contributed by atoms with E-state index in [1.807, 2.05) is 17.4 Å². The highest BCUT2D eigenvalue weighted by molar-refractivity contribution is 7.26. The molecule has 0 radical (unpaired) electrons. The van der Waals surface area contributed by atoms with Crippen LogP contribution in [0.5, 0.6) is 0 Å². The van der Waals surface area contributed by atoms with Gasteiger partial charge in [-0.1, -0.05) is 133 Å². The van der Waals surface area contributed by atoms with Gasteiger partial charge in [-0.25, -0.2) is 0 Å². The van der Waals surface area contributed by atoms with Gasteiger partial charge in [-0.15, -0.1) is 11.3 Å². The lowest BCUT2D eigenvalue weighted by atomic mass is 9.85. The van der Waals surface area contributed by atoms with Crippen molar-refractivity contribution in [1.29, 1.82) is 0 Å². The monoisotopic (exact) mass is 702 g/mol. The minimum absolute atomic E-state index is 0.942. The summed E-state index contributed by atoms with van der Waals surface area (Å²) in [7, 11) is 0. The van der Waals surface area contributed by atoms with Crippen LogP contribution < -0.4 is 0 Å². The van der Waals surface area contributed by atoms with Crippen LogP contribution in [0.3, 0.4) is 0 Å². The first-order valence-corrected chi connectivity index (χ1v) is 19.3. The first-order valence-electron chi connectivity index (χ1n) is 18.5. The summed E-state index contributed by atoms with van der Waals surface area (Å²) in [5.74, 6) is 0. The Labute approximate surface area is 314 Å². The molecule has 54 heavy (non-hydrogen) atoms. The van der Waals surface area contributed by atoms with Crippen molar-refractivity contribution < 1.29 is 4.42 Å². The number of thiophene rings is 1. The molecule has 0 aliphatic rings. The first kappa shape index (κ1) is 29.8. The van der Waals surface area contributed by atoms with Crippen molar-refractivity contribution in [2.75, 3.05) is 0 Å². The lowest BCUT2D eigenvalue weighted by Crippen LogP contribution is -1.90. The van der Waals surface area contributed by atoms with Gasteiger partial charge in [0, 0.05) is 30.9 Å². The number of benzene rings is 10. The number of furan rings is 1. The summed E-state index contributed by atoms with van der Waals surface area (Å²) in [5.41, 5.74) is 9.41. The Balaban J connectivity index is 0.956. The van der Waals surface area contributed by atoms with Crippen LogP contribution in [-0.4, -0.2) is 0 Å². The highest BCUT2D eigenvalue weighted by Crippen LogP contribution is 2.45. The summed E-state index contributed by atoms with van der Waals surface area (Å²) in [6, 6.07) is 66.9. The van der Waals surface area contributed by atoms with Crippen molar-refractivity contribution in [3.8, 4) is 33.4 Å². The standard InChI is InChI=1S/C52H30OS/c1-2-10-31(11-3-1)51-40-13-4-6-15-42(40)52(43-16-7-5-14-41(43)51)37-23-22-33-24-32(18-19-34(33)25-37)35-20-21-36-27-45-46-29-44-39-12-8-9-17-47(39)53-48(44)30-50(46)54-49(45)28-38(36)26-35/h1-30H. The molecule has 0 saturated carbocycles. The van der Waals surface area contributed by atoms with Crippen LogP contribution >= 0.6 is 11.3 Å². The summed E-state index contributed by atoms with van der Waals surface area (Å²) in [4.78, 5) is 0. The minimum Gasteiger partial charge on any atom is -0.456 e. The largest absolute Gasteiger partial charge is 0.456 e. The van der Waals surface area contributed by atoms with Crippen LogP contribution in [0.2, 0.25) is 0 Å². The molecule has 0 bridgehead atoms. The fraction of sp³-hybridized carbons (Fsp3) is 0. The Morgan fingerprint density at radius 2 is 0.778 bits per heavy atom. The SMILES string of the molecule is c1ccc(-c2c3ccccc3c(-c3ccc4cc(-c5ccc6cc7c(cc6c5)sc5cc6oc8ccccc8c6cc57)ccc4c3)c3ccccc23)cc1. The molecule has 0 N–H and O–H groups in total. The number of rotatable bonds is 3. The van der Waals surface area contributed by atoms with E-state index in [4.69, 9.17) is 4.42 Å². The van der Waals surface area contributed by atoms with Crippen LogP contribution in [0.15, 0.2) is 186 Å². The average molecular weight is 703 g/mol. The summed E-state index contributed by atoms with van der Waals surface area (Å²) < 4.78 is 8.78. The van der Waals surface area contributed by atoms with E-state index < -0.39 is 0 Å². The van der Waals surface area contributed by atoms with Gasteiger partial charge in [-0.3, -0.25) is 0 Å². The third-order valence-corrected chi connectivity index (χ3v) is 12.5. The van der Waals surface area contributed by atoms with Gasteiger partial charge in [0.2, 0.25) is 0 Å². The van der Waals surface area contributed by atoms with E-state index in [-0.39, 0.29) is 0 Å². The molecule has 2 heterocycles. The summed E-state index contributed by atoms with van der Waals surface area (Å²) in [6.45, 7) is 0. The zero-order valence-electron chi connectivity index (χ0n) is 29.1. The molecule has 12 rings (SSSR count). The maximum atomic E-state index is 6.22. The quantitative estimate of drug-likeness (QED) is 0.167. The molecular formula is C52H30OS. The van der Waals surface area contributed by atoms with Crippen molar-refractivity contribution in [3.05, 3.63) is 182 Å². The number of para-hydroxylation sites is 1. The van der Waals surface area contributed by atoms with Crippen molar-refractivity contribution >= 4 is 96.5 Å². The van der Waals surface area contributed by atoms with E-state index in [1.165, 1.54) is 107 Å². The Kier molecular flexibility index (Phi) is 6.28. The van der Waals surface area contributed by atoms with Crippen molar-refractivity contribution in [1.82, 2.24) is 0 Å². The molecule has 2 aromatic heterocycles. The smallest absolute Gasteiger partial charge is 0.136 e. The van der Waals surface area contributed by atoms with E-state index >= 15 is 0 Å². The molecule has 0 spiro atoms. The van der Waals surface area contributed by atoms with Gasteiger partial charge in [-0.2, -0.15) is 0 Å². The molecule has 10 aromatic carbocycles. The first-order chi connectivity index (χ1) is 26.7. The third kappa shape index (κ3) is 4.44. The predicted octanol–water partition coefficient (Wildman–Crippen LogP) is 15.6. The highest BCUT2D eigenvalue weighted by atomic mass is 32.1. The van der Waals surface area contributed by atoms with Gasteiger partial charge in [0.1, 0.15) is 11.2 Å². The van der Waals surface area contributed by atoms with Crippen LogP contribution in [-0.2, 0) is 0 Å². The molecule has 0 saturated heterocycles. The van der Waals surface area contributed by atoms with Crippen molar-refractivity contribution in [2.24, 2.45) is 0 Å². The number of hydrogen-bond donors (Lipinski definition) is 0.